The summed E-state index contributed by atoms with van der Waals surface area (Å²) in [5, 5.41) is 0. The van der Waals surface area contributed by atoms with E-state index in [2.05, 4.69) is 11.9 Å². The van der Waals surface area contributed by atoms with Gasteiger partial charge in [0.1, 0.15) is 5.78 Å². The largest absolute Gasteiger partial charge is 0.325 e. The maximum absolute atomic E-state index is 11.9. The third kappa shape index (κ3) is 3.76. The quantitative estimate of drug-likeness (QED) is 0.736. The molecule has 1 unspecified atom stereocenters. The summed E-state index contributed by atoms with van der Waals surface area (Å²) in [7, 11) is 2.08. The van der Waals surface area contributed by atoms with Crippen molar-refractivity contribution in [1.82, 2.24) is 4.90 Å². The zero-order chi connectivity index (χ0) is 10.8. The SMILES string of the molecule is CN1CCCC(C(=O)CC(C)(C)N)C1. The molecule has 1 aliphatic rings. The summed E-state index contributed by atoms with van der Waals surface area (Å²) in [5.74, 6) is 0.556. The number of likely N-dealkylation sites (tertiary alicyclic amines) is 1. The van der Waals surface area contributed by atoms with Gasteiger partial charge in [-0.2, -0.15) is 0 Å². The van der Waals surface area contributed by atoms with Crippen LogP contribution in [0.4, 0.5) is 0 Å². The lowest BCUT2D eigenvalue weighted by Crippen LogP contribution is -2.41. The van der Waals surface area contributed by atoms with Gasteiger partial charge in [-0.25, -0.2) is 0 Å². The van der Waals surface area contributed by atoms with Gasteiger partial charge < -0.3 is 10.6 Å². The first-order valence-electron chi connectivity index (χ1n) is 5.38. The molecule has 0 amide bonds. The van der Waals surface area contributed by atoms with Crippen LogP contribution in [0.3, 0.4) is 0 Å². The molecule has 1 fully saturated rings. The Kier molecular flexibility index (Phi) is 3.67. The second-order valence-electron chi connectivity index (χ2n) is 5.23. The average molecular weight is 198 g/mol. The summed E-state index contributed by atoms with van der Waals surface area (Å²) in [6.07, 6.45) is 2.68. The molecule has 1 aliphatic heterocycles. The molecule has 14 heavy (non-hydrogen) atoms. The minimum atomic E-state index is -0.354. The molecule has 82 valence electrons. The Bertz CT molecular complexity index is 208. The van der Waals surface area contributed by atoms with Gasteiger partial charge in [0.25, 0.3) is 0 Å². The number of piperidine rings is 1. The predicted octanol–water partition coefficient (Wildman–Crippen LogP) is 1.02. The van der Waals surface area contributed by atoms with E-state index in [0.29, 0.717) is 12.2 Å². The van der Waals surface area contributed by atoms with Crippen molar-refractivity contribution in [1.29, 1.82) is 0 Å². The Morgan fingerprint density at radius 1 is 1.57 bits per heavy atom. The highest BCUT2D eigenvalue weighted by atomic mass is 16.1. The molecular weight excluding hydrogens is 176 g/mol. The van der Waals surface area contributed by atoms with Crippen molar-refractivity contribution in [3.63, 3.8) is 0 Å². The van der Waals surface area contributed by atoms with Crippen molar-refractivity contribution < 1.29 is 4.79 Å². The monoisotopic (exact) mass is 198 g/mol. The molecule has 0 radical (unpaired) electrons. The van der Waals surface area contributed by atoms with Crippen LogP contribution in [0.25, 0.3) is 0 Å². The standard InChI is InChI=1S/C11H22N2O/c1-11(2,12)7-10(14)9-5-4-6-13(3)8-9/h9H,4-8,12H2,1-3H3. The molecule has 0 bridgehead atoms. The van der Waals surface area contributed by atoms with Gasteiger partial charge in [-0.1, -0.05) is 0 Å². The molecule has 1 rings (SSSR count). The molecule has 0 aliphatic carbocycles. The van der Waals surface area contributed by atoms with Crippen LogP contribution in [0.5, 0.6) is 0 Å². The Morgan fingerprint density at radius 2 is 2.21 bits per heavy atom. The number of hydrogen-bond donors (Lipinski definition) is 1. The van der Waals surface area contributed by atoms with E-state index in [1.165, 1.54) is 0 Å². The number of ketones is 1. The summed E-state index contributed by atoms with van der Waals surface area (Å²) in [6, 6.07) is 0. The summed E-state index contributed by atoms with van der Waals surface area (Å²) < 4.78 is 0. The van der Waals surface area contributed by atoms with Crippen LogP contribution in [-0.4, -0.2) is 36.4 Å². The van der Waals surface area contributed by atoms with Gasteiger partial charge in [0.05, 0.1) is 0 Å². The molecule has 3 nitrogen and oxygen atoms in total. The molecule has 2 N–H and O–H groups in total. The van der Waals surface area contributed by atoms with Gasteiger partial charge in [-0.3, -0.25) is 4.79 Å². The highest BCUT2D eigenvalue weighted by molar-refractivity contribution is 5.82. The molecule has 1 heterocycles. The number of nitrogens with two attached hydrogens (primary N) is 1. The van der Waals surface area contributed by atoms with Gasteiger partial charge in [0.15, 0.2) is 0 Å². The number of rotatable bonds is 3. The van der Waals surface area contributed by atoms with Crippen LogP contribution in [0.2, 0.25) is 0 Å². The first-order chi connectivity index (χ1) is 6.38. The topological polar surface area (TPSA) is 46.3 Å². The fourth-order valence-corrected chi connectivity index (χ4v) is 2.02. The lowest BCUT2D eigenvalue weighted by atomic mass is 9.87. The second kappa shape index (κ2) is 4.41. The lowest BCUT2D eigenvalue weighted by molar-refractivity contribution is -0.125. The van der Waals surface area contributed by atoms with Crippen molar-refractivity contribution in [2.45, 2.75) is 38.6 Å². The molecule has 0 saturated carbocycles. The Labute approximate surface area is 86.6 Å². The minimum absolute atomic E-state index is 0.219. The summed E-state index contributed by atoms with van der Waals surface area (Å²) in [6.45, 7) is 5.86. The van der Waals surface area contributed by atoms with E-state index in [4.69, 9.17) is 5.73 Å². The van der Waals surface area contributed by atoms with E-state index in [0.717, 1.165) is 25.9 Å². The number of carbonyl (C=O) groups excluding carboxylic acids is 1. The van der Waals surface area contributed by atoms with Gasteiger partial charge in [-0.15, -0.1) is 0 Å². The van der Waals surface area contributed by atoms with Crippen molar-refractivity contribution in [2.75, 3.05) is 20.1 Å². The molecule has 0 aromatic carbocycles. The first-order valence-corrected chi connectivity index (χ1v) is 5.38. The summed E-state index contributed by atoms with van der Waals surface area (Å²) in [5.41, 5.74) is 5.49. The van der Waals surface area contributed by atoms with Gasteiger partial charge in [-0.05, 0) is 40.3 Å². The highest BCUT2D eigenvalue weighted by Crippen LogP contribution is 2.19. The van der Waals surface area contributed by atoms with Crippen LogP contribution in [-0.2, 0) is 4.79 Å². The Hall–Kier alpha value is -0.410. The normalized spacial score (nSPS) is 25.0. The number of hydrogen-bond acceptors (Lipinski definition) is 3. The molecular formula is C11H22N2O. The van der Waals surface area contributed by atoms with Gasteiger partial charge in [0, 0.05) is 24.4 Å². The maximum atomic E-state index is 11.9. The lowest BCUT2D eigenvalue weighted by Gasteiger charge is -2.30. The smallest absolute Gasteiger partial charge is 0.139 e. The van der Waals surface area contributed by atoms with Crippen LogP contribution in [0.1, 0.15) is 33.1 Å². The van der Waals surface area contributed by atoms with Crippen molar-refractivity contribution in [3.8, 4) is 0 Å². The van der Waals surface area contributed by atoms with Crippen LogP contribution < -0.4 is 5.73 Å². The van der Waals surface area contributed by atoms with Crippen molar-refractivity contribution >= 4 is 5.78 Å². The third-order valence-electron chi connectivity index (χ3n) is 2.71. The van der Waals surface area contributed by atoms with E-state index >= 15 is 0 Å². The number of Topliss-reactive ketones (excluding diaryl/α,β-unsaturated/α-hetero) is 1. The second-order valence-corrected chi connectivity index (χ2v) is 5.23. The van der Waals surface area contributed by atoms with E-state index in [-0.39, 0.29) is 11.5 Å². The van der Waals surface area contributed by atoms with Gasteiger partial charge >= 0.3 is 0 Å². The van der Waals surface area contributed by atoms with E-state index < -0.39 is 0 Å². The van der Waals surface area contributed by atoms with Gasteiger partial charge in [0.2, 0.25) is 0 Å². The summed E-state index contributed by atoms with van der Waals surface area (Å²) in [4.78, 5) is 14.1. The molecule has 3 heteroatoms. The van der Waals surface area contributed by atoms with Crippen LogP contribution in [0, 0.1) is 5.92 Å². The summed E-state index contributed by atoms with van der Waals surface area (Å²) >= 11 is 0. The Balaban J connectivity index is 2.44. The van der Waals surface area contributed by atoms with Crippen LogP contribution in [0.15, 0.2) is 0 Å². The minimum Gasteiger partial charge on any atom is -0.325 e. The first kappa shape index (κ1) is 11.7. The predicted molar refractivity (Wildman–Crippen MR) is 58.1 cm³/mol. The molecule has 0 aromatic heterocycles. The molecule has 1 saturated heterocycles. The molecule has 1 atom stereocenters. The van der Waals surface area contributed by atoms with Crippen molar-refractivity contribution in [2.24, 2.45) is 11.7 Å². The van der Waals surface area contributed by atoms with Crippen molar-refractivity contribution in [3.05, 3.63) is 0 Å². The average Bonchev–Trinajstić information content (AvgIpc) is 2.01. The van der Waals surface area contributed by atoms with E-state index in [9.17, 15) is 4.79 Å². The highest BCUT2D eigenvalue weighted by Gasteiger charge is 2.27. The van der Waals surface area contributed by atoms with Crippen LogP contribution >= 0.6 is 0 Å². The fourth-order valence-electron chi connectivity index (χ4n) is 2.02. The fraction of sp³-hybridized carbons (Fsp3) is 0.909. The number of nitrogens with zero attached hydrogens (tertiary/aromatic N) is 1. The number of carbonyl (C=O) groups is 1. The Morgan fingerprint density at radius 3 is 2.71 bits per heavy atom. The third-order valence-corrected chi connectivity index (χ3v) is 2.71. The molecule has 0 aromatic rings. The zero-order valence-corrected chi connectivity index (χ0v) is 9.55. The maximum Gasteiger partial charge on any atom is 0.139 e. The molecule has 0 spiro atoms. The van der Waals surface area contributed by atoms with E-state index in [1.807, 2.05) is 13.8 Å². The zero-order valence-electron chi connectivity index (χ0n) is 9.55. The van der Waals surface area contributed by atoms with E-state index in [1.54, 1.807) is 0 Å².